The number of carbonyl (C=O) groups is 1. The van der Waals surface area contributed by atoms with Crippen LogP contribution >= 0.6 is 0 Å². The van der Waals surface area contributed by atoms with Crippen LogP contribution < -0.4 is 0 Å². The predicted molar refractivity (Wildman–Crippen MR) is 99.2 cm³/mol. The van der Waals surface area contributed by atoms with Crippen molar-refractivity contribution < 1.29 is 4.79 Å². The van der Waals surface area contributed by atoms with Gasteiger partial charge in [0, 0.05) is 12.3 Å². The van der Waals surface area contributed by atoms with E-state index >= 15 is 0 Å². The standard InChI is InChI=1S/C20H30O.C2H6/c1-12-11-15-16(19(4,5)13(12)2)9-10-20(6)14(3)18(21)8-7-17(15)20;1-2/h11,14-17H,2,7-10H2,1,3-6H3;1-2H3. The zero-order valence-corrected chi connectivity index (χ0v) is 16.3. The predicted octanol–water partition coefficient (Wildman–Crippen LogP) is 6.20. The van der Waals surface area contributed by atoms with Crippen molar-refractivity contribution in [2.75, 3.05) is 0 Å². The first-order chi connectivity index (χ1) is 10.7. The van der Waals surface area contributed by atoms with Gasteiger partial charge in [0.15, 0.2) is 0 Å². The van der Waals surface area contributed by atoms with Crippen molar-refractivity contribution in [3.63, 3.8) is 0 Å². The zero-order valence-electron chi connectivity index (χ0n) is 16.3. The van der Waals surface area contributed by atoms with Gasteiger partial charge in [-0.3, -0.25) is 4.79 Å². The summed E-state index contributed by atoms with van der Waals surface area (Å²) in [7, 11) is 0. The van der Waals surface area contributed by atoms with Crippen molar-refractivity contribution in [1.29, 1.82) is 0 Å². The molecule has 0 radical (unpaired) electrons. The average Bonchev–Trinajstić information content (AvgIpc) is 2.52. The minimum atomic E-state index is 0.204. The third-order valence-electron chi connectivity index (χ3n) is 7.57. The van der Waals surface area contributed by atoms with Crippen molar-refractivity contribution in [3.8, 4) is 0 Å². The third-order valence-corrected chi connectivity index (χ3v) is 7.57. The number of allylic oxidation sites excluding steroid dienone is 3. The average molecular weight is 317 g/mol. The fourth-order valence-electron chi connectivity index (χ4n) is 5.70. The highest BCUT2D eigenvalue weighted by Gasteiger charge is 2.56. The van der Waals surface area contributed by atoms with Crippen LogP contribution in [0.5, 0.6) is 0 Å². The lowest BCUT2D eigenvalue weighted by Crippen LogP contribution is -2.53. The van der Waals surface area contributed by atoms with Crippen molar-refractivity contribution in [2.45, 2.75) is 74.1 Å². The second kappa shape index (κ2) is 6.22. The van der Waals surface area contributed by atoms with Crippen LogP contribution in [0.4, 0.5) is 0 Å². The van der Waals surface area contributed by atoms with E-state index in [1.165, 1.54) is 24.0 Å². The summed E-state index contributed by atoms with van der Waals surface area (Å²) in [5.74, 6) is 2.74. The van der Waals surface area contributed by atoms with Crippen LogP contribution in [0.2, 0.25) is 0 Å². The Labute approximate surface area is 143 Å². The summed E-state index contributed by atoms with van der Waals surface area (Å²) < 4.78 is 0. The fraction of sp³-hybridized carbons (Fsp3) is 0.773. The molecular formula is C22H36O. The lowest BCUT2D eigenvalue weighted by atomic mass is 9.45. The number of hydrogen-bond donors (Lipinski definition) is 0. The summed E-state index contributed by atoms with van der Waals surface area (Å²) in [6.45, 7) is 19.9. The molecule has 0 aromatic heterocycles. The van der Waals surface area contributed by atoms with Crippen molar-refractivity contribution in [1.82, 2.24) is 0 Å². The van der Waals surface area contributed by atoms with E-state index in [0.717, 1.165) is 12.8 Å². The molecule has 0 bridgehead atoms. The van der Waals surface area contributed by atoms with E-state index in [-0.39, 0.29) is 16.7 Å². The minimum Gasteiger partial charge on any atom is -0.299 e. The smallest absolute Gasteiger partial charge is 0.136 e. The largest absolute Gasteiger partial charge is 0.299 e. The number of hydrogen-bond acceptors (Lipinski definition) is 1. The normalized spacial score (nSPS) is 42.0. The van der Waals surface area contributed by atoms with E-state index in [1.807, 2.05) is 13.8 Å². The Balaban J connectivity index is 0.000000924. The zero-order chi connectivity index (χ0) is 17.6. The van der Waals surface area contributed by atoms with Gasteiger partial charge in [-0.25, -0.2) is 0 Å². The van der Waals surface area contributed by atoms with E-state index in [2.05, 4.69) is 47.3 Å². The molecule has 0 aromatic rings. The van der Waals surface area contributed by atoms with Crippen LogP contribution in [0.25, 0.3) is 0 Å². The van der Waals surface area contributed by atoms with Gasteiger partial charge in [-0.05, 0) is 60.3 Å². The van der Waals surface area contributed by atoms with Gasteiger partial charge >= 0.3 is 0 Å². The molecule has 1 heteroatoms. The summed E-state index contributed by atoms with van der Waals surface area (Å²) in [4.78, 5) is 12.2. The Morgan fingerprint density at radius 3 is 2.35 bits per heavy atom. The van der Waals surface area contributed by atoms with Crippen LogP contribution in [0, 0.1) is 34.5 Å². The SMILES string of the molecule is C=C1C(C)=CC2C(CCC3(C)C(C)C(=O)CCC23)C1(C)C.CC. The molecule has 23 heavy (non-hydrogen) atoms. The van der Waals surface area contributed by atoms with Crippen LogP contribution in [-0.2, 0) is 4.79 Å². The highest BCUT2D eigenvalue weighted by Crippen LogP contribution is 2.62. The molecule has 1 nitrogen and oxygen atoms in total. The van der Waals surface area contributed by atoms with Gasteiger partial charge in [0.2, 0.25) is 0 Å². The first-order valence-corrected chi connectivity index (χ1v) is 9.60. The molecule has 0 aromatic carbocycles. The monoisotopic (exact) mass is 316 g/mol. The van der Waals surface area contributed by atoms with E-state index in [1.54, 1.807) is 0 Å². The van der Waals surface area contributed by atoms with E-state index in [9.17, 15) is 4.79 Å². The fourth-order valence-corrected chi connectivity index (χ4v) is 5.70. The Morgan fingerprint density at radius 2 is 1.74 bits per heavy atom. The maximum absolute atomic E-state index is 12.2. The Morgan fingerprint density at radius 1 is 1.13 bits per heavy atom. The van der Waals surface area contributed by atoms with Gasteiger partial charge in [0.1, 0.15) is 5.78 Å². The number of rotatable bonds is 0. The summed E-state index contributed by atoms with van der Waals surface area (Å²) in [5, 5.41) is 0. The first-order valence-electron chi connectivity index (χ1n) is 9.60. The molecular weight excluding hydrogens is 280 g/mol. The van der Waals surface area contributed by atoms with Gasteiger partial charge in [-0.1, -0.05) is 59.8 Å². The molecule has 0 spiro atoms. The van der Waals surface area contributed by atoms with E-state index in [4.69, 9.17) is 0 Å². The van der Waals surface area contributed by atoms with Crippen LogP contribution in [-0.4, -0.2) is 5.78 Å². The van der Waals surface area contributed by atoms with Crippen LogP contribution in [0.1, 0.15) is 74.1 Å². The summed E-state index contributed by atoms with van der Waals surface area (Å²) in [6, 6.07) is 0. The van der Waals surface area contributed by atoms with E-state index < -0.39 is 0 Å². The van der Waals surface area contributed by atoms with Crippen LogP contribution in [0.3, 0.4) is 0 Å². The van der Waals surface area contributed by atoms with Gasteiger partial charge in [0.25, 0.3) is 0 Å². The summed E-state index contributed by atoms with van der Waals surface area (Å²) in [5.41, 5.74) is 3.12. The maximum atomic E-state index is 12.2. The molecule has 5 atom stereocenters. The first kappa shape index (κ1) is 18.5. The minimum absolute atomic E-state index is 0.204. The van der Waals surface area contributed by atoms with Crippen molar-refractivity contribution in [3.05, 3.63) is 23.8 Å². The molecule has 2 saturated carbocycles. The van der Waals surface area contributed by atoms with Gasteiger partial charge in [-0.15, -0.1) is 0 Å². The highest BCUT2D eigenvalue weighted by molar-refractivity contribution is 5.82. The third kappa shape index (κ3) is 2.65. The van der Waals surface area contributed by atoms with Crippen molar-refractivity contribution >= 4 is 5.78 Å². The molecule has 0 saturated heterocycles. The molecule has 0 amide bonds. The molecule has 3 aliphatic carbocycles. The molecule has 5 unspecified atom stereocenters. The van der Waals surface area contributed by atoms with Crippen LogP contribution in [0.15, 0.2) is 23.8 Å². The Bertz CT molecular complexity index is 524. The molecule has 130 valence electrons. The summed E-state index contributed by atoms with van der Waals surface area (Å²) >= 11 is 0. The number of Topliss-reactive ketones (excluding diaryl/α,β-unsaturated/α-hetero) is 1. The molecule has 2 fully saturated rings. The Hall–Kier alpha value is -0.850. The van der Waals surface area contributed by atoms with Gasteiger partial charge < -0.3 is 0 Å². The molecule has 3 aliphatic rings. The molecule has 0 heterocycles. The lowest BCUT2D eigenvalue weighted by Gasteiger charge is -2.59. The number of carbonyl (C=O) groups excluding carboxylic acids is 1. The topological polar surface area (TPSA) is 17.1 Å². The van der Waals surface area contributed by atoms with Gasteiger partial charge in [-0.2, -0.15) is 0 Å². The number of ketones is 1. The van der Waals surface area contributed by atoms with Crippen molar-refractivity contribution in [2.24, 2.45) is 34.5 Å². The maximum Gasteiger partial charge on any atom is 0.136 e. The Kier molecular flexibility index (Phi) is 5.00. The summed E-state index contributed by atoms with van der Waals surface area (Å²) in [6.07, 6.45) is 6.83. The molecule has 0 aliphatic heterocycles. The quantitative estimate of drug-likeness (QED) is 0.520. The number of fused-ring (bicyclic) bond motifs is 3. The highest BCUT2D eigenvalue weighted by atomic mass is 16.1. The lowest BCUT2D eigenvalue weighted by molar-refractivity contribution is -0.139. The second-order valence-electron chi connectivity index (χ2n) is 8.61. The van der Waals surface area contributed by atoms with E-state index in [0.29, 0.717) is 23.5 Å². The van der Waals surface area contributed by atoms with Gasteiger partial charge in [0.05, 0.1) is 0 Å². The second-order valence-corrected chi connectivity index (χ2v) is 8.61. The molecule has 3 rings (SSSR count). The molecule has 0 N–H and O–H groups in total.